The standard InChI is InChI=1S/C44H42F2N2O3/c1-40(2)23-41(3,4)25-42(24-40)34-10-8-7-9-30(34)37-32-21-35-36(48-44(45,46)47-35)22-33(32)39-31(38(37)42)19-20-43(51-39,26-11-15-28(49-5)16-12-26)27-13-17-29(50-6)18-14-27/h7-22,47-48H,23-25H2,1-6H3. The zero-order chi connectivity index (χ0) is 35.6. The molecule has 1 fully saturated rings. The molecule has 0 atom stereocenters. The summed E-state index contributed by atoms with van der Waals surface area (Å²) in [6.45, 7) is 9.55. The molecule has 51 heavy (non-hydrogen) atoms. The highest BCUT2D eigenvalue weighted by molar-refractivity contribution is 6.11. The summed E-state index contributed by atoms with van der Waals surface area (Å²) in [5.41, 5.74) is 7.14. The van der Waals surface area contributed by atoms with Gasteiger partial charge in [0.25, 0.3) is 0 Å². The lowest BCUT2D eigenvalue weighted by Crippen LogP contribution is -2.44. The number of rotatable bonds is 4. The number of nitrogens with one attached hydrogen (secondary N) is 2. The summed E-state index contributed by atoms with van der Waals surface area (Å²) in [5.74, 6) is 2.17. The van der Waals surface area contributed by atoms with Crippen LogP contribution in [0.3, 0.4) is 0 Å². The number of ether oxygens (including phenoxy) is 3. The Morgan fingerprint density at radius 3 is 1.80 bits per heavy atom. The number of anilines is 2. The number of alkyl halides is 2. The maximum Gasteiger partial charge on any atom is 0.409 e. The second kappa shape index (κ2) is 10.5. The van der Waals surface area contributed by atoms with Crippen molar-refractivity contribution in [1.29, 1.82) is 0 Å². The van der Waals surface area contributed by atoms with E-state index in [2.05, 4.69) is 74.7 Å². The monoisotopic (exact) mass is 684 g/mol. The Hall–Kier alpha value is -5.04. The summed E-state index contributed by atoms with van der Waals surface area (Å²) < 4.78 is 48.4. The third-order valence-corrected chi connectivity index (χ3v) is 11.5. The summed E-state index contributed by atoms with van der Waals surface area (Å²) in [5, 5.41) is 6.51. The van der Waals surface area contributed by atoms with Crippen molar-refractivity contribution in [2.75, 3.05) is 24.9 Å². The van der Waals surface area contributed by atoms with Gasteiger partial charge in [0.15, 0.2) is 5.60 Å². The van der Waals surface area contributed by atoms with E-state index < -0.39 is 11.8 Å². The van der Waals surface area contributed by atoms with Crippen LogP contribution in [0.25, 0.3) is 28.0 Å². The van der Waals surface area contributed by atoms with Gasteiger partial charge in [0.2, 0.25) is 0 Å². The van der Waals surface area contributed by atoms with Gasteiger partial charge in [-0.15, -0.1) is 0 Å². The van der Waals surface area contributed by atoms with Gasteiger partial charge in [0, 0.05) is 27.5 Å². The molecule has 1 saturated carbocycles. The molecule has 0 aromatic heterocycles. The molecule has 5 aromatic carbocycles. The first-order chi connectivity index (χ1) is 24.3. The van der Waals surface area contributed by atoms with Crippen LogP contribution in [0.2, 0.25) is 0 Å². The van der Waals surface area contributed by atoms with Gasteiger partial charge in [-0.3, -0.25) is 0 Å². The molecule has 5 aromatic rings. The van der Waals surface area contributed by atoms with Gasteiger partial charge < -0.3 is 24.8 Å². The van der Waals surface area contributed by atoms with Gasteiger partial charge in [-0.05, 0) is 100 Å². The second-order valence-electron chi connectivity index (χ2n) is 16.4. The highest BCUT2D eigenvalue weighted by atomic mass is 19.3. The Bertz CT molecular complexity index is 2210. The van der Waals surface area contributed by atoms with Crippen molar-refractivity contribution in [3.63, 3.8) is 0 Å². The van der Waals surface area contributed by atoms with E-state index in [1.807, 2.05) is 60.7 Å². The van der Waals surface area contributed by atoms with Crippen molar-refractivity contribution < 1.29 is 23.0 Å². The minimum Gasteiger partial charge on any atom is -0.497 e. The molecule has 1 spiro atoms. The normalized spacial score (nSPS) is 20.3. The van der Waals surface area contributed by atoms with Crippen LogP contribution in [0, 0.1) is 10.8 Å². The fraction of sp³-hybridized carbons (Fsp3) is 0.318. The minimum absolute atomic E-state index is 0.0545. The topological polar surface area (TPSA) is 51.8 Å². The highest BCUT2D eigenvalue weighted by Gasteiger charge is 2.55. The first kappa shape index (κ1) is 31.9. The summed E-state index contributed by atoms with van der Waals surface area (Å²) in [7, 11) is 3.31. The van der Waals surface area contributed by atoms with Gasteiger partial charge in [0.05, 0.1) is 25.6 Å². The van der Waals surface area contributed by atoms with Crippen molar-refractivity contribution in [3.05, 3.63) is 119 Å². The van der Waals surface area contributed by atoms with Gasteiger partial charge in [-0.25, -0.2) is 0 Å². The molecular weight excluding hydrogens is 642 g/mol. The first-order valence-electron chi connectivity index (χ1n) is 17.7. The lowest BCUT2D eigenvalue weighted by molar-refractivity contribution is 0.0641. The van der Waals surface area contributed by atoms with Crippen LogP contribution < -0.4 is 24.8 Å². The van der Waals surface area contributed by atoms with Crippen molar-refractivity contribution in [1.82, 2.24) is 0 Å². The number of halogens is 2. The average molecular weight is 685 g/mol. The van der Waals surface area contributed by atoms with E-state index in [0.29, 0.717) is 17.1 Å². The number of benzene rings is 5. The second-order valence-corrected chi connectivity index (χ2v) is 16.4. The predicted molar refractivity (Wildman–Crippen MR) is 200 cm³/mol. The van der Waals surface area contributed by atoms with E-state index in [9.17, 15) is 8.78 Å². The van der Waals surface area contributed by atoms with E-state index in [0.717, 1.165) is 63.8 Å². The maximum absolute atomic E-state index is 14.9. The van der Waals surface area contributed by atoms with E-state index in [-0.39, 0.29) is 16.2 Å². The molecular formula is C44H42F2N2O3. The van der Waals surface area contributed by atoms with Crippen molar-refractivity contribution in [3.8, 4) is 28.4 Å². The fourth-order valence-corrected chi connectivity index (χ4v) is 10.4. The Kier molecular flexibility index (Phi) is 6.57. The maximum atomic E-state index is 14.9. The zero-order valence-electron chi connectivity index (χ0n) is 29.8. The Labute approximate surface area is 297 Å². The van der Waals surface area contributed by atoms with Crippen LogP contribution in [0.15, 0.2) is 91.0 Å². The Morgan fingerprint density at radius 2 is 1.24 bits per heavy atom. The van der Waals surface area contributed by atoms with Gasteiger partial charge in [0.1, 0.15) is 17.2 Å². The van der Waals surface area contributed by atoms with Crippen LogP contribution in [0.5, 0.6) is 17.2 Å². The smallest absolute Gasteiger partial charge is 0.409 e. The molecule has 0 unspecified atom stereocenters. The van der Waals surface area contributed by atoms with Crippen LogP contribution in [-0.2, 0) is 11.0 Å². The molecule has 2 aliphatic carbocycles. The Morgan fingerprint density at radius 1 is 0.686 bits per heavy atom. The van der Waals surface area contributed by atoms with Crippen molar-refractivity contribution in [2.45, 2.75) is 64.1 Å². The molecule has 9 rings (SSSR count). The molecule has 4 aliphatic rings. The molecule has 0 radical (unpaired) electrons. The average Bonchev–Trinajstić information content (AvgIpc) is 3.54. The molecule has 2 N–H and O–H groups in total. The molecule has 2 heterocycles. The molecule has 7 heteroatoms. The minimum atomic E-state index is -3.27. The van der Waals surface area contributed by atoms with E-state index in [4.69, 9.17) is 14.2 Å². The largest absolute Gasteiger partial charge is 0.497 e. The molecule has 2 aliphatic heterocycles. The van der Waals surface area contributed by atoms with Gasteiger partial charge >= 0.3 is 6.17 Å². The van der Waals surface area contributed by atoms with Crippen molar-refractivity contribution in [2.24, 2.45) is 10.8 Å². The number of hydrogen-bond acceptors (Lipinski definition) is 5. The number of fused-ring (bicyclic) bond motifs is 11. The zero-order valence-corrected chi connectivity index (χ0v) is 29.8. The molecule has 5 nitrogen and oxygen atoms in total. The van der Waals surface area contributed by atoms with Crippen LogP contribution in [0.1, 0.15) is 74.8 Å². The lowest BCUT2D eigenvalue weighted by atomic mass is 9.52. The molecule has 0 amide bonds. The van der Waals surface area contributed by atoms with Crippen LogP contribution >= 0.6 is 0 Å². The SMILES string of the molecule is COc1ccc(C2(c3ccc(OC)cc3)C=Cc3c4c(c5cc6c(cc5c3O2)NC(F)(F)N6)-c2ccccc2C42CC(C)(C)CC(C)(C)C2)cc1. The van der Waals surface area contributed by atoms with Gasteiger partial charge in [-0.2, -0.15) is 8.78 Å². The summed E-state index contributed by atoms with van der Waals surface area (Å²) in [4.78, 5) is 0. The van der Waals surface area contributed by atoms with Crippen molar-refractivity contribution >= 4 is 28.2 Å². The van der Waals surface area contributed by atoms with Crippen LogP contribution in [-0.4, -0.2) is 20.4 Å². The third kappa shape index (κ3) is 4.69. The molecule has 0 saturated heterocycles. The van der Waals surface area contributed by atoms with E-state index in [1.54, 1.807) is 14.2 Å². The van der Waals surface area contributed by atoms with Gasteiger partial charge in [-0.1, -0.05) is 82.3 Å². The molecule has 0 bridgehead atoms. The summed E-state index contributed by atoms with van der Waals surface area (Å²) in [6, 6.07) is 28.4. The lowest BCUT2D eigenvalue weighted by Gasteiger charge is -2.52. The molecule has 260 valence electrons. The highest BCUT2D eigenvalue weighted by Crippen LogP contribution is 2.67. The summed E-state index contributed by atoms with van der Waals surface area (Å²) in [6.07, 6.45) is 4.17. The number of methoxy groups -OCH3 is 2. The predicted octanol–water partition coefficient (Wildman–Crippen LogP) is 11.1. The first-order valence-corrected chi connectivity index (χ1v) is 17.7. The number of hydrogen-bond donors (Lipinski definition) is 2. The third-order valence-electron chi connectivity index (χ3n) is 11.5. The van der Waals surface area contributed by atoms with Crippen LogP contribution in [0.4, 0.5) is 20.2 Å². The summed E-state index contributed by atoms with van der Waals surface area (Å²) >= 11 is 0. The van der Waals surface area contributed by atoms with E-state index >= 15 is 0 Å². The Balaban J connectivity index is 1.38. The quantitative estimate of drug-likeness (QED) is 0.185. The fourth-order valence-electron chi connectivity index (χ4n) is 10.4. The van der Waals surface area contributed by atoms with E-state index in [1.165, 1.54) is 16.7 Å².